The Morgan fingerprint density at radius 1 is 0.361 bits per heavy atom. The van der Waals surface area contributed by atoms with Crippen molar-refractivity contribution < 1.29 is 0 Å². The molecule has 0 aliphatic carbocycles. The summed E-state index contributed by atoms with van der Waals surface area (Å²) in [5.74, 6) is 0. The molecule has 0 aromatic heterocycles. The van der Waals surface area contributed by atoms with Gasteiger partial charge < -0.3 is 19.6 Å². The van der Waals surface area contributed by atoms with Crippen molar-refractivity contribution in [1.82, 2.24) is 0 Å². The highest BCUT2D eigenvalue weighted by Crippen LogP contribution is 2.27. The molecule has 0 N–H and O–H groups in total. The molecule has 4 aliphatic rings. The van der Waals surface area contributed by atoms with Crippen molar-refractivity contribution in [3.05, 3.63) is 48.5 Å². The van der Waals surface area contributed by atoms with Crippen LogP contribution >= 0.6 is 0 Å². The van der Waals surface area contributed by atoms with Crippen LogP contribution in [0.25, 0.3) is 0 Å². The van der Waals surface area contributed by atoms with Crippen molar-refractivity contribution in [2.75, 3.05) is 45.8 Å². The predicted molar refractivity (Wildman–Crippen MR) is 161 cm³/mol. The van der Waals surface area contributed by atoms with Crippen LogP contribution in [0.3, 0.4) is 0 Å². The van der Waals surface area contributed by atoms with Gasteiger partial charge in [0, 0.05) is 73.1 Å². The van der Waals surface area contributed by atoms with Crippen LogP contribution in [0.1, 0.15) is 81.1 Å². The summed E-state index contributed by atoms with van der Waals surface area (Å²) < 4.78 is 0. The van der Waals surface area contributed by atoms with Crippen molar-refractivity contribution >= 4 is 22.7 Å². The molecule has 0 amide bonds. The first kappa shape index (κ1) is 28.2. The first-order chi connectivity index (χ1) is 17.2. The maximum absolute atomic E-state index is 2.57. The van der Waals surface area contributed by atoms with Gasteiger partial charge in [-0.25, -0.2) is 0 Å². The number of hydrogen-bond acceptors (Lipinski definition) is 4. The van der Waals surface area contributed by atoms with E-state index in [-0.39, 0.29) is 0 Å². The van der Waals surface area contributed by atoms with Crippen molar-refractivity contribution in [2.45, 2.75) is 105 Å². The van der Waals surface area contributed by atoms with Gasteiger partial charge >= 0.3 is 0 Å². The SMILES string of the molecule is CC(C)N1CCCCN(C(C)C)c2ccc(cc2)N(C(C)C)CCCCN(C(C)C)c2ccc1cc2. The lowest BCUT2D eigenvalue weighted by atomic mass is 10.1. The fraction of sp³-hybridized carbons (Fsp3) is 0.625. The topological polar surface area (TPSA) is 13.0 Å². The van der Waals surface area contributed by atoms with Gasteiger partial charge in [0.1, 0.15) is 0 Å². The Bertz CT molecular complexity index is 736. The minimum absolute atomic E-state index is 0.493. The highest BCUT2D eigenvalue weighted by Gasteiger charge is 2.17. The Balaban J connectivity index is 1.88. The van der Waals surface area contributed by atoms with Crippen molar-refractivity contribution in [3.8, 4) is 0 Å². The number of nitrogens with zero attached hydrogens (tertiary/aromatic N) is 4. The molecule has 0 radical (unpaired) electrons. The Labute approximate surface area is 222 Å². The molecule has 2 aromatic carbocycles. The lowest BCUT2D eigenvalue weighted by molar-refractivity contribution is 0.596. The molecule has 4 bridgehead atoms. The molecule has 0 saturated carbocycles. The lowest BCUT2D eigenvalue weighted by Crippen LogP contribution is -2.35. The van der Waals surface area contributed by atoms with E-state index in [0.717, 1.165) is 26.2 Å². The third kappa shape index (κ3) is 7.33. The number of anilines is 4. The smallest absolute Gasteiger partial charge is 0.0370 e. The van der Waals surface area contributed by atoms with Gasteiger partial charge in [0.15, 0.2) is 0 Å². The summed E-state index contributed by atoms with van der Waals surface area (Å²) >= 11 is 0. The molecule has 0 unspecified atom stereocenters. The molecule has 2 aromatic rings. The molecule has 0 fully saturated rings. The van der Waals surface area contributed by atoms with Gasteiger partial charge in [-0.05, 0) is 130 Å². The molecule has 0 saturated heterocycles. The summed E-state index contributed by atoms with van der Waals surface area (Å²) in [5.41, 5.74) is 5.37. The minimum Gasteiger partial charge on any atom is -0.369 e. The van der Waals surface area contributed by atoms with Crippen LogP contribution in [0.2, 0.25) is 0 Å². The normalized spacial score (nSPS) is 16.8. The summed E-state index contributed by atoms with van der Waals surface area (Å²) in [7, 11) is 0. The third-order valence-electron chi connectivity index (χ3n) is 7.62. The predicted octanol–water partition coefficient (Wildman–Crippen LogP) is 7.82. The maximum Gasteiger partial charge on any atom is 0.0370 e. The van der Waals surface area contributed by atoms with E-state index >= 15 is 0 Å². The maximum atomic E-state index is 2.57. The second-order valence-electron chi connectivity index (χ2n) is 11.6. The third-order valence-corrected chi connectivity index (χ3v) is 7.62. The highest BCUT2D eigenvalue weighted by molar-refractivity contribution is 5.58. The highest BCUT2D eigenvalue weighted by atomic mass is 15.2. The van der Waals surface area contributed by atoms with E-state index in [1.54, 1.807) is 0 Å². The van der Waals surface area contributed by atoms with E-state index in [1.807, 2.05) is 0 Å². The second-order valence-corrected chi connectivity index (χ2v) is 11.6. The minimum atomic E-state index is 0.493. The molecule has 4 heterocycles. The first-order valence-corrected chi connectivity index (χ1v) is 14.5. The zero-order chi connectivity index (χ0) is 26.2. The Morgan fingerprint density at radius 3 is 0.667 bits per heavy atom. The van der Waals surface area contributed by atoms with Crippen LogP contribution in [0.5, 0.6) is 0 Å². The van der Waals surface area contributed by atoms with Crippen LogP contribution in [-0.2, 0) is 0 Å². The summed E-state index contributed by atoms with van der Waals surface area (Å²) in [5, 5.41) is 0. The molecule has 0 atom stereocenters. The largest absolute Gasteiger partial charge is 0.369 e. The van der Waals surface area contributed by atoms with E-state index in [2.05, 4.69) is 124 Å². The van der Waals surface area contributed by atoms with Gasteiger partial charge in [0.25, 0.3) is 0 Å². The van der Waals surface area contributed by atoms with E-state index in [0.29, 0.717) is 24.2 Å². The lowest BCUT2D eigenvalue weighted by Gasteiger charge is -2.34. The molecular weight excluding hydrogens is 440 g/mol. The van der Waals surface area contributed by atoms with Crippen molar-refractivity contribution in [3.63, 3.8) is 0 Å². The number of rotatable bonds is 4. The summed E-state index contributed by atoms with van der Waals surface area (Å²) in [6.07, 6.45) is 4.78. The Hall–Kier alpha value is -2.36. The van der Waals surface area contributed by atoms with Gasteiger partial charge in [-0.1, -0.05) is 0 Å². The van der Waals surface area contributed by atoms with Crippen LogP contribution < -0.4 is 19.6 Å². The average molecular weight is 493 g/mol. The molecule has 0 spiro atoms. The second kappa shape index (κ2) is 13.3. The van der Waals surface area contributed by atoms with Crippen LogP contribution in [0, 0.1) is 0 Å². The van der Waals surface area contributed by atoms with Gasteiger partial charge in [-0.15, -0.1) is 0 Å². The molecule has 6 rings (SSSR count). The Kier molecular flexibility index (Phi) is 10.4. The van der Waals surface area contributed by atoms with Gasteiger partial charge in [0.2, 0.25) is 0 Å². The quantitative estimate of drug-likeness (QED) is 0.431. The zero-order valence-electron chi connectivity index (χ0n) is 24.4. The summed E-state index contributed by atoms with van der Waals surface area (Å²) in [6.45, 7) is 22.9. The number of hydrogen-bond donors (Lipinski definition) is 0. The standard InChI is InChI=1S/C32H52N4/c1-25(2)33-21-9-10-22-34(26(3)4)31-17-19-32(20-18-31)36(28(7)8)24-12-11-23-35(27(5)6)30-15-13-29(33)14-16-30/h13-20,25-28H,9-12,21-24H2,1-8H3. The monoisotopic (exact) mass is 492 g/mol. The molecular formula is C32H52N4. The van der Waals surface area contributed by atoms with E-state index in [4.69, 9.17) is 0 Å². The van der Waals surface area contributed by atoms with Gasteiger partial charge in [-0.2, -0.15) is 0 Å². The fourth-order valence-electron chi connectivity index (χ4n) is 5.54. The first-order valence-electron chi connectivity index (χ1n) is 14.5. The van der Waals surface area contributed by atoms with E-state index < -0.39 is 0 Å². The Morgan fingerprint density at radius 2 is 0.528 bits per heavy atom. The molecule has 4 nitrogen and oxygen atoms in total. The molecule has 200 valence electrons. The zero-order valence-corrected chi connectivity index (χ0v) is 24.4. The molecule has 4 heteroatoms. The molecule has 36 heavy (non-hydrogen) atoms. The average Bonchev–Trinajstić information content (AvgIpc) is 2.83. The van der Waals surface area contributed by atoms with Gasteiger partial charge in [0.05, 0.1) is 0 Å². The van der Waals surface area contributed by atoms with Crippen LogP contribution in [0.4, 0.5) is 22.7 Å². The van der Waals surface area contributed by atoms with Crippen molar-refractivity contribution in [2.24, 2.45) is 0 Å². The van der Waals surface area contributed by atoms with E-state index in [9.17, 15) is 0 Å². The van der Waals surface area contributed by atoms with Crippen LogP contribution in [0.15, 0.2) is 48.5 Å². The number of benzene rings is 2. The summed E-state index contributed by atoms with van der Waals surface area (Å²) in [4.78, 5) is 10.3. The van der Waals surface area contributed by atoms with Gasteiger partial charge in [-0.3, -0.25) is 0 Å². The van der Waals surface area contributed by atoms with Crippen molar-refractivity contribution in [1.29, 1.82) is 0 Å². The van der Waals surface area contributed by atoms with E-state index in [1.165, 1.54) is 48.4 Å². The van der Waals surface area contributed by atoms with Crippen LogP contribution in [-0.4, -0.2) is 50.3 Å². The molecule has 4 aliphatic heterocycles. The fourth-order valence-corrected chi connectivity index (χ4v) is 5.54. The summed E-state index contributed by atoms with van der Waals surface area (Å²) in [6, 6.07) is 20.7.